The Morgan fingerprint density at radius 3 is 2.91 bits per heavy atom. The summed E-state index contributed by atoms with van der Waals surface area (Å²) in [6, 6.07) is 5.65. The van der Waals surface area contributed by atoms with E-state index in [1.807, 2.05) is 36.6 Å². The van der Waals surface area contributed by atoms with Gasteiger partial charge in [0.05, 0.1) is 18.6 Å². The number of hydrogen-bond acceptors (Lipinski definition) is 5. The lowest BCUT2D eigenvalue weighted by Gasteiger charge is -2.11. The maximum atomic E-state index is 12.2. The zero-order valence-electron chi connectivity index (χ0n) is 13.5. The number of benzene rings is 1. The highest BCUT2D eigenvalue weighted by Crippen LogP contribution is 2.25. The molecule has 2 rings (SSSR count). The van der Waals surface area contributed by atoms with Gasteiger partial charge in [-0.25, -0.2) is 0 Å². The molecule has 0 fully saturated rings. The second-order valence-corrected chi connectivity index (χ2v) is 5.91. The summed E-state index contributed by atoms with van der Waals surface area (Å²) >= 11 is 1.34. The molecule has 1 aromatic carbocycles. The first-order chi connectivity index (χ1) is 11.0. The van der Waals surface area contributed by atoms with Crippen LogP contribution in [0.25, 0.3) is 0 Å². The van der Waals surface area contributed by atoms with Gasteiger partial charge in [-0.05, 0) is 31.5 Å². The van der Waals surface area contributed by atoms with E-state index in [4.69, 9.17) is 4.74 Å². The molecule has 122 valence electrons. The van der Waals surface area contributed by atoms with Gasteiger partial charge in [0, 0.05) is 6.54 Å². The molecule has 1 amide bonds. The number of nitrogens with zero attached hydrogens (tertiary/aromatic N) is 3. The Kier molecular flexibility index (Phi) is 5.81. The van der Waals surface area contributed by atoms with Gasteiger partial charge in [0.2, 0.25) is 5.91 Å². The van der Waals surface area contributed by atoms with Crippen LogP contribution in [-0.4, -0.2) is 33.5 Å². The number of allylic oxidation sites excluding steroid dienone is 1. The topological polar surface area (TPSA) is 69.0 Å². The van der Waals surface area contributed by atoms with E-state index in [0.29, 0.717) is 23.1 Å². The van der Waals surface area contributed by atoms with Crippen LogP contribution in [0, 0.1) is 13.8 Å². The highest BCUT2D eigenvalue weighted by atomic mass is 32.2. The smallest absolute Gasteiger partial charge is 0.234 e. The molecule has 0 atom stereocenters. The largest absolute Gasteiger partial charge is 0.495 e. The Morgan fingerprint density at radius 2 is 2.22 bits per heavy atom. The first-order valence-corrected chi connectivity index (χ1v) is 8.11. The molecule has 23 heavy (non-hydrogen) atoms. The molecule has 0 aliphatic carbocycles. The van der Waals surface area contributed by atoms with Crippen LogP contribution in [0.2, 0.25) is 0 Å². The molecular weight excluding hydrogens is 312 g/mol. The first-order valence-electron chi connectivity index (χ1n) is 7.13. The Bertz CT molecular complexity index is 712. The van der Waals surface area contributed by atoms with Crippen molar-refractivity contribution in [1.82, 2.24) is 14.8 Å². The number of hydrogen-bond donors (Lipinski definition) is 1. The second kappa shape index (κ2) is 7.82. The zero-order valence-corrected chi connectivity index (χ0v) is 14.3. The molecule has 0 bridgehead atoms. The van der Waals surface area contributed by atoms with E-state index in [1.54, 1.807) is 13.2 Å². The number of methoxy groups -OCH3 is 1. The summed E-state index contributed by atoms with van der Waals surface area (Å²) in [6.45, 7) is 8.17. The summed E-state index contributed by atoms with van der Waals surface area (Å²) in [5.74, 6) is 1.56. The van der Waals surface area contributed by atoms with Crippen LogP contribution in [0.4, 0.5) is 5.69 Å². The van der Waals surface area contributed by atoms with Crippen molar-refractivity contribution < 1.29 is 9.53 Å². The molecule has 2 aromatic rings. The van der Waals surface area contributed by atoms with Crippen molar-refractivity contribution in [3.8, 4) is 5.75 Å². The van der Waals surface area contributed by atoms with Crippen LogP contribution in [-0.2, 0) is 11.3 Å². The molecule has 0 unspecified atom stereocenters. The van der Waals surface area contributed by atoms with Crippen LogP contribution in [0.3, 0.4) is 0 Å². The van der Waals surface area contributed by atoms with Crippen molar-refractivity contribution in [3.05, 3.63) is 42.2 Å². The average Bonchev–Trinajstić information content (AvgIpc) is 2.87. The van der Waals surface area contributed by atoms with E-state index in [2.05, 4.69) is 22.1 Å². The second-order valence-electron chi connectivity index (χ2n) is 4.97. The number of aryl methyl sites for hydroxylation is 2. The van der Waals surface area contributed by atoms with Gasteiger partial charge >= 0.3 is 0 Å². The van der Waals surface area contributed by atoms with Gasteiger partial charge in [-0.15, -0.1) is 16.8 Å². The number of ether oxygens (including phenoxy) is 1. The van der Waals surface area contributed by atoms with E-state index in [0.717, 1.165) is 11.4 Å². The van der Waals surface area contributed by atoms with Gasteiger partial charge in [-0.2, -0.15) is 0 Å². The van der Waals surface area contributed by atoms with Crippen molar-refractivity contribution in [2.45, 2.75) is 25.5 Å². The molecule has 1 heterocycles. The van der Waals surface area contributed by atoms with Crippen LogP contribution in [0.15, 0.2) is 36.0 Å². The van der Waals surface area contributed by atoms with E-state index >= 15 is 0 Å². The molecule has 1 N–H and O–H groups in total. The number of thioether (sulfide) groups is 1. The summed E-state index contributed by atoms with van der Waals surface area (Å²) in [5.41, 5.74) is 1.72. The molecule has 0 aliphatic rings. The fourth-order valence-corrected chi connectivity index (χ4v) is 2.84. The Balaban J connectivity index is 2.01. The van der Waals surface area contributed by atoms with Crippen LogP contribution < -0.4 is 10.1 Å². The normalized spacial score (nSPS) is 10.4. The van der Waals surface area contributed by atoms with E-state index in [-0.39, 0.29) is 11.7 Å². The summed E-state index contributed by atoms with van der Waals surface area (Å²) in [5, 5.41) is 11.7. The quantitative estimate of drug-likeness (QED) is 0.624. The summed E-state index contributed by atoms with van der Waals surface area (Å²) in [7, 11) is 1.58. The van der Waals surface area contributed by atoms with Gasteiger partial charge in [0.15, 0.2) is 5.16 Å². The first kappa shape index (κ1) is 17.1. The average molecular weight is 332 g/mol. The van der Waals surface area contributed by atoms with E-state index in [9.17, 15) is 4.79 Å². The number of carbonyl (C=O) groups is 1. The third-order valence-electron chi connectivity index (χ3n) is 3.17. The monoisotopic (exact) mass is 332 g/mol. The lowest BCUT2D eigenvalue weighted by Crippen LogP contribution is -2.15. The molecule has 0 aliphatic heterocycles. The van der Waals surface area contributed by atoms with Gasteiger partial charge in [-0.3, -0.25) is 4.79 Å². The standard InChI is InChI=1S/C16H20N4O2S/c1-5-8-20-12(3)18-19-16(20)23-10-15(21)17-13-9-11(2)6-7-14(13)22-4/h5-7,9H,1,8,10H2,2-4H3,(H,17,21). The summed E-state index contributed by atoms with van der Waals surface area (Å²) in [6.07, 6.45) is 1.78. The molecule has 6 nitrogen and oxygen atoms in total. The van der Waals surface area contributed by atoms with Crippen molar-refractivity contribution >= 4 is 23.4 Å². The van der Waals surface area contributed by atoms with Crippen molar-refractivity contribution in [3.63, 3.8) is 0 Å². The van der Waals surface area contributed by atoms with E-state index < -0.39 is 0 Å². The van der Waals surface area contributed by atoms with Crippen molar-refractivity contribution in [2.24, 2.45) is 0 Å². The minimum absolute atomic E-state index is 0.121. The molecule has 0 saturated heterocycles. The third-order valence-corrected chi connectivity index (χ3v) is 4.14. The molecule has 0 saturated carbocycles. The number of rotatable bonds is 7. The zero-order chi connectivity index (χ0) is 16.8. The number of anilines is 1. The summed E-state index contributed by atoms with van der Waals surface area (Å²) < 4.78 is 7.17. The summed E-state index contributed by atoms with van der Waals surface area (Å²) in [4.78, 5) is 12.2. The van der Waals surface area contributed by atoms with E-state index in [1.165, 1.54) is 11.8 Å². The van der Waals surface area contributed by atoms with Crippen LogP contribution in [0.5, 0.6) is 5.75 Å². The molecule has 0 radical (unpaired) electrons. The molecule has 7 heteroatoms. The number of aromatic nitrogens is 3. The number of nitrogens with one attached hydrogen (secondary N) is 1. The SMILES string of the molecule is C=CCn1c(C)nnc1SCC(=O)Nc1cc(C)ccc1OC. The number of amides is 1. The number of carbonyl (C=O) groups excluding carboxylic acids is 1. The third kappa shape index (κ3) is 4.35. The van der Waals surface area contributed by atoms with Gasteiger partial charge in [-0.1, -0.05) is 23.9 Å². The Hall–Kier alpha value is -2.28. The predicted octanol–water partition coefficient (Wildman–Crippen LogP) is 2.82. The van der Waals surface area contributed by atoms with Crippen LogP contribution in [0.1, 0.15) is 11.4 Å². The lowest BCUT2D eigenvalue weighted by atomic mass is 10.2. The predicted molar refractivity (Wildman–Crippen MR) is 92.0 cm³/mol. The molecular formula is C16H20N4O2S. The fourth-order valence-electron chi connectivity index (χ4n) is 2.04. The molecule has 0 spiro atoms. The van der Waals surface area contributed by atoms with Crippen LogP contribution >= 0.6 is 11.8 Å². The highest BCUT2D eigenvalue weighted by Gasteiger charge is 2.12. The Labute approximate surface area is 139 Å². The fraction of sp³-hybridized carbons (Fsp3) is 0.312. The van der Waals surface area contributed by atoms with Gasteiger partial charge < -0.3 is 14.6 Å². The highest BCUT2D eigenvalue weighted by molar-refractivity contribution is 7.99. The minimum atomic E-state index is -0.121. The van der Waals surface area contributed by atoms with Crippen molar-refractivity contribution in [1.29, 1.82) is 0 Å². The van der Waals surface area contributed by atoms with Gasteiger partial charge in [0.25, 0.3) is 0 Å². The maximum absolute atomic E-state index is 12.2. The Morgan fingerprint density at radius 1 is 1.43 bits per heavy atom. The van der Waals surface area contributed by atoms with Gasteiger partial charge in [0.1, 0.15) is 11.6 Å². The molecule has 1 aromatic heterocycles. The minimum Gasteiger partial charge on any atom is -0.495 e. The van der Waals surface area contributed by atoms with Crippen molar-refractivity contribution in [2.75, 3.05) is 18.2 Å². The lowest BCUT2D eigenvalue weighted by molar-refractivity contribution is -0.113. The maximum Gasteiger partial charge on any atom is 0.234 e.